The molecular weight excluding hydrogens is 440 g/mol. The molecule has 1 aliphatic rings. The number of thioether (sulfide) groups is 1. The number of carbonyl (C=O) groups is 2. The summed E-state index contributed by atoms with van der Waals surface area (Å²) in [6, 6.07) is 21.8. The van der Waals surface area contributed by atoms with Crippen LogP contribution in [0.1, 0.15) is 42.0 Å². The molecule has 4 nitrogen and oxygen atoms in total. The minimum atomic E-state index is -0.332. The van der Waals surface area contributed by atoms with Gasteiger partial charge >= 0.3 is 0 Å². The van der Waals surface area contributed by atoms with Gasteiger partial charge in [0, 0.05) is 10.6 Å². The SMILES string of the molecule is CCCCc1ccc(N2C(=O)C(Nc3cc(C)ccc3C)=C(Sc3ccc(C)cc3)C2=O)cc1. The standard InChI is InChI=1S/C29H30N2O2S/c1-5-6-7-22-12-14-23(15-13-22)31-28(32)26(30-25-18-20(3)8-11-21(25)4)27(29(31)33)34-24-16-9-19(2)10-17-24/h8-18,30H,5-7H2,1-4H3. The lowest BCUT2D eigenvalue weighted by molar-refractivity contribution is -0.120. The van der Waals surface area contributed by atoms with Crippen LogP contribution in [0.15, 0.2) is 82.2 Å². The van der Waals surface area contributed by atoms with Crippen LogP contribution >= 0.6 is 11.8 Å². The van der Waals surface area contributed by atoms with E-state index in [4.69, 9.17) is 0 Å². The summed E-state index contributed by atoms with van der Waals surface area (Å²) in [5.74, 6) is -0.633. The van der Waals surface area contributed by atoms with Crippen molar-refractivity contribution in [2.75, 3.05) is 10.2 Å². The van der Waals surface area contributed by atoms with E-state index in [-0.39, 0.29) is 11.8 Å². The number of hydrogen-bond acceptors (Lipinski definition) is 4. The fourth-order valence-corrected chi connectivity index (χ4v) is 4.80. The zero-order chi connectivity index (χ0) is 24.2. The van der Waals surface area contributed by atoms with Crippen LogP contribution in [0.3, 0.4) is 0 Å². The average Bonchev–Trinajstić information content (AvgIpc) is 3.05. The Balaban J connectivity index is 1.70. The van der Waals surface area contributed by atoms with Crippen LogP contribution in [0.5, 0.6) is 0 Å². The van der Waals surface area contributed by atoms with Crippen molar-refractivity contribution in [1.29, 1.82) is 0 Å². The molecule has 174 valence electrons. The lowest BCUT2D eigenvalue weighted by Crippen LogP contribution is -2.32. The van der Waals surface area contributed by atoms with Crippen molar-refractivity contribution in [3.8, 4) is 0 Å². The van der Waals surface area contributed by atoms with Crippen LogP contribution in [-0.4, -0.2) is 11.8 Å². The number of unbranched alkanes of at least 4 members (excludes halogenated alkanes) is 1. The van der Waals surface area contributed by atoms with Gasteiger partial charge in [0.15, 0.2) is 0 Å². The normalized spacial score (nSPS) is 13.7. The lowest BCUT2D eigenvalue weighted by Gasteiger charge is -2.16. The molecule has 1 N–H and O–H groups in total. The predicted molar refractivity (Wildman–Crippen MR) is 141 cm³/mol. The Morgan fingerprint density at radius 3 is 2.18 bits per heavy atom. The molecule has 3 aromatic rings. The number of amides is 2. The second kappa shape index (κ2) is 10.3. The Hall–Kier alpha value is -3.31. The van der Waals surface area contributed by atoms with Gasteiger partial charge in [-0.3, -0.25) is 9.59 Å². The summed E-state index contributed by atoms with van der Waals surface area (Å²) in [4.78, 5) is 29.8. The Bertz CT molecular complexity index is 1240. The number of anilines is 2. The van der Waals surface area contributed by atoms with Gasteiger partial charge in [0.05, 0.1) is 5.69 Å². The fraction of sp³-hybridized carbons (Fsp3) is 0.241. The molecule has 0 atom stereocenters. The zero-order valence-electron chi connectivity index (χ0n) is 20.1. The quantitative estimate of drug-likeness (QED) is 0.362. The first-order valence-corrected chi connectivity index (χ1v) is 12.5. The second-order valence-electron chi connectivity index (χ2n) is 8.78. The van der Waals surface area contributed by atoms with Crippen molar-refractivity contribution in [1.82, 2.24) is 0 Å². The molecular formula is C29H30N2O2S. The highest BCUT2D eigenvalue weighted by atomic mass is 32.2. The summed E-state index contributed by atoms with van der Waals surface area (Å²) in [6.45, 7) is 8.19. The summed E-state index contributed by atoms with van der Waals surface area (Å²) in [7, 11) is 0. The molecule has 0 unspecified atom stereocenters. The van der Waals surface area contributed by atoms with Gasteiger partial charge in [-0.1, -0.05) is 67.1 Å². The minimum absolute atomic E-state index is 0.301. The summed E-state index contributed by atoms with van der Waals surface area (Å²) < 4.78 is 0. The van der Waals surface area contributed by atoms with E-state index >= 15 is 0 Å². The molecule has 1 aliphatic heterocycles. The number of nitrogens with zero attached hydrogens (tertiary/aromatic N) is 1. The Kier molecular flexibility index (Phi) is 7.23. The van der Waals surface area contributed by atoms with Crippen LogP contribution in [0.2, 0.25) is 0 Å². The van der Waals surface area contributed by atoms with Crippen molar-refractivity contribution in [2.45, 2.75) is 51.9 Å². The molecule has 34 heavy (non-hydrogen) atoms. The monoisotopic (exact) mass is 470 g/mol. The van der Waals surface area contributed by atoms with Crippen molar-refractivity contribution >= 4 is 35.0 Å². The van der Waals surface area contributed by atoms with Gasteiger partial charge in [-0.15, -0.1) is 0 Å². The third-order valence-corrected chi connectivity index (χ3v) is 7.04. The molecule has 0 aliphatic carbocycles. The molecule has 0 bridgehead atoms. The molecule has 3 aromatic carbocycles. The van der Waals surface area contributed by atoms with Crippen LogP contribution < -0.4 is 10.2 Å². The molecule has 2 amide bonds. The largest absolute Gasteiger partial charge is 0.350 e. The highest BCUT2D eigenvalue weighted by Crippen LogP contribution is 2.38. The van der Waals surface area contributed by atoms with Crippen LogP contribution in [0.4, 0.5) is 11.4 Å². The maximum absolute atomic E-state index is 13.6. The van der Waals surface area contributed by atoms with Crippen molar-refractivity contribution in [3.05, 3.63) is 99.6 Å². The third-order valence-electron chi connectivity index (χ3n) is 5.95. The topological polar surface area (TPSA) is 49.4 Å². The van der Waals surface area contributed by atoms with Crippen molar-refractivity contribution < 1.29 is 9.59 Å². The van der Waals surface area contributed by atoms with E-state index in [0.29, 0.717) is 16.3 Å². The van der Waals surface area contributed by atoms with E-state index in [0.717, 1.165) is 46.5 Å². The van der Waals surface area contributed by atoms with Gasteiger partial charge in [-0.25, -0.2) is 4.90 Å². The second-order valence-corrected chi connectivity index (χ2v) is 9.86. The van der Waals surface area contributed by atoms with Gasteiger partial charge in [-0.2, -0.15) is 0 Å². The number of benzene rings is 3. The maximum atomic E-state index is 13.6. The lowest BCUT2D eigenvalue weighted by atomic mass is 10.1. The van der Waals surface area contributed by atoms with E-state index in [1.54, 1.807) is 0 Å². The first-order chi connectivity index (χ1) is 16.4. The summed E-state index contributed by atoms with van der Waals surface area (Å²) in [5, 5.41) is 3.30. The first-order valence-electron chi connectivity index (χ1n) is 11.7. The Labute approximate surface area is 206 Å². The minimum Gasteiger partial charge on any atom is -0.350 e. The summed E-state index contributed by atoms with van der Waals surface area (Å²) in [6.07, 6.45) is 3.23. The Morgan fingerprint density at radius 2 is 1.50 bits per heavy atom. The molecule has 0 saturated heterocycles. The molecule has 0 spiro atoms. The molecule has 0 aromatic heterocycles. The van der Waals surface area contributed by atoms with E-state index in [2.05, 4.69) is 12.2 Å². The zero-order valence-corrected chi connectivity index (χ0v) is 21.0. The predicted octanol–water partition coefficient (Wildman–Crippen LogP) is 6.94. The van der Waals surface area contributed by atoms with E-state index in [1.165, 1.54) is 22.2 Å². The van der Waals surface area contributed by atoms with Crippen LogP contribution in [-0.2, 0) is 16.0 Å². The summed E-state index contributed by atoms with van der Waals surface area (Å²) in [5.41, 5.74) is 6.19. The van der Waals surface area contributed by atoms with Crippen molar-refractivity contribution in [3.63, 3.8) is 0 Å². The van der Waals surface area contributed by atoms with Crippen LogP contribution in [0.25, 0.3) is 0 Å². The molecule has 0 fully saturated rings. The molecule has 0 radical (unpaired) electrons. The number of hydrogen-bond donors (Lipinski definition) is 1. The number of aryl methyl sites for hydroxylation is 4. The Morgan fingerprint density at radius 1 is 0.824 bits per heavy atom. The maximum Gasteiger partial charge on any atom is 0.283 e. The van der Waals surface area contributed by atoms with E-state index in [9.17, 15) is 9.59 Å². The van der Waals surface area contributed by atoms with E-state index < -0.39 is 0 Å². The highest BCUT2D eigenvalue weighted by molar-refractivity contribution is 8.04. The molecule has 0 saturated carbocycles. The third kappa shape index (κ3) is 5.10. The number of imide groups is 1. The van der Waals surface area contributed by atoms with Gasteiger partial charge in [-0.05, 0) is 80.6 Å². The fourth-order valence-electron chi connectivity index (χ4n) is 3.87. The van der Waals surface area contributed by atoms with Crippen LogP contribution in [0, 0.1) is 20.8 Å². The first kappa shape index (κ1) is 23.8. The molecule has 1 heterocycles. The highest BCUT2D eigenvalue weighted by Gasteiger charge is 2.40. The van der Waals surface area contributed by atoms with Gasteiger partial charge in [0.25, 0.3) is 11.8 Å². The average molecular weight is 471 g/mol. The van der Waals surface area contributed by atoms with Gasteiger partial charge in [0.1, 0.15) is 10.6 Å². The van der Waals surface area contributed by atoms with Gasteiger partial charge in [0.2, 0.25) is 0 Å². The number of carbonyl (C=O) groups excluding carboxylic acids is 2. The number of rotatable bonds is 8. The van der Waals surface area contributed by atoms with E-state index in [1.807, 2.05) is 87.5 Å². The van der Waals surface area contributed by atoms with Crippen molar-refractivity contribution in [2.24, 2.45) is 0 Å². The summed E-state index contributed by atoms with van der Waals surface area (Å²) >= 11 is 1.33. The van der Waals surface area contributed by atoms with Gasteiger partial charge < -0.3 is 5.32 Å². The molecule has 5 heteroatoms. The smallest absolute Gasteiger partial charge is 0.283 e. The number of nitrogens with one attached hydrogen (secondary N) is 1. The molecule has 4 rings (SSSR count).